The van der Waals surface area contributed by atoms with Gasteiger partial charge in [0.15, 0.2) is 19.7 Å². The van der Waals surface area contributed by atoms with Crippen LogP contribution in [0.1, 0.15) is 6.42 Å². The maximum Gasteiger partial charge on any atom is 0.177 e. The van der Waals surface area contributed by atoms with Gasteiger partial charge < -0.3 is 10.1 Å². The van der Waals surface area contributed by atoms with Gasteiger partial charge in [0, 0.05) is 32.8 Å². The molecule has 1 N–H and O–H groups in total. The Morgan fingerprint density at radius 3 is 2.25 bits per heavy atom. The quantitative estimate of drug-likeness (QED) is 0.752. The van der Waals surface area contributed by atoms with Crippen LogP contribution in [0.15, 0.2) is 28.0 Å². The highest BCUT2D eigenvalue weighted by atomic mass is 32.2. The highest BCUT2D eigenvalue weighted by molar-refractivity contribution is 7.91. The van der Waals surface area contributed by atoms with Crippen molar-refractivity contribution in [2.75, 3.05) is 38.1 Å². The zero-order valence-electron chi connectivity index (χ0n) is 11.7. The molecular formula is C12H19NO5S2. The SMILES string of the molecule is COCCCNc1ccc(S(C)(=O)=O)cc1S(C)(=O)=O. The standard InChI is InChI=1S/C12H19NO5S2/c1-18-8-4-7-13-11-6-5-10(19(2,14)15)9-12(11)20(3,16)17/h5-6,9,13H,4,7-8H2,1-3H3. The van der Waals surface area contributed by atoms with E-state index in [0.717, 1.165) is 12.5 Å². The number of rotatable bonds is 7. The minimum atomic E-state index is -3.52. The Morgan fingerprint density at radius 1 is 1.10 bits per heavy atom. The maximum atomic E-state index is 11.8. The van der Waals surface area contributed by atoms with Gasteiger partial charge in [-0.05, 0) is 24.6 Å². The number of methoxy groups -OCH3 is 1. The molecule has 0 spiro atoms. The van der Waals surface area contributed by atoms with Gasteiger partial charge >= 0.3 is 0 Å². The highest BCUT2D eigenvalue weighted by Gasteiger charge is 2.17. The first-order valence-electron chi connectivity index (χ1n) is 5.93. The van der Waals surface area contributed by atoms with Crippen LogP contribution < -0.4 is 5.32 Å². The second kappa shape index (κ2) is 6.55. The molecule has 0 aliphatic heterocycles. The molecule has 20 heavy (non-hydrogen) atoms. The van der Waals surface area contributed by atoms with Crippen LogP contribution in [-0.2, 0) is 24.4 Å². The van der Waals surface area contributed by atoms with E-state index in [-0.39, 0.29) is 9.79 Å². The van der Waals surface area contributed by atoms with E-state index in [2.05, 4.69) is 5.32 Å². The van der Waals surface area contributed by atoms with Gasteiger partial charge in [-0.3, -0.25) is 0 Å². The fourth-order valence-electron chi connectivity index (χ4n) is 1.63. The van der Waals surface area contributed by atoms with Crippen molar-refractivity contribution in [3.63, 3.8) is 0 Å². The van der Waals surface area contributed by atoms with E-state index in [1.807, 2.05) is 0 Å². The Morgan fingerprint density at radius 2 is 1.75 bits per heavy atom. The van der Waals surface area contributed by atoms with E-state index in [0.29, 0.717) is 25.3 Å². The summed E-state index contributed by atoms with van der Waals surface area (Å²) in [5.74, 6) is 0. The first-order valence-corrected chi connectivity index (χ1v) is 9.71. The van der Waals surface area contributed by atoms with Gasteiger partial charge in [-0.1, -0.05) is 0 Å². The third kappa shape index (κ3) is 4.77. The van der Waals surface area contributed by atoms with Crippen LogP contribution in [0.3, 0.4) is 0 Å². The molecule has 114 valence electrons. The molecule has 0 amide bonds. The van der Waals surface area contributed by atoms with Crippen molar-refractivity contribution in [3.8, 4) is 0 Å². The van der Waals surface area contributed by atoms with Crippen LogP contribution in [0.2, 0.25) is 0 Å². The molecule has 1 aromatic rings. The van der Waals surface area contributed by atoms with Crippen molar-refractivity contribution in [1.29, 1.82) is 0 Å². The van der Waals surface area contributed by atoms with Gasteiger partial charge in [-0.15, -0.1) is 0 Å². The molecule has 0 fully saturated rings. The van der Waals surface area contributed by atoms with Crippen LogP contribution in [0.5, 0.6) is 0 Å². The monoisotopic (exact) mass is 321 g/mol. The average Bonchev–Trinajstić information content (AvgIpc) is 2.32. The van der Waals surface area contributed by atoms with Crippen LogP contribution >= 0.6 is 0 Å². The Balaban J connectivity index is 3.12. The Kier molecular flexibility index (Phi) is 5.55. The van der Waals surface area contributed by atoms with Crippen molar-refractivity contribution in [2.45, 2.75) is 16.2 Å². The second-order valence-corrected chi connectivity index (χ2v) is 8.48. The smallest absolute Gasteiger partial charge is 0.177 e. The van der Waals surface area contributed by atoms with E-state index in [1.165, 1.54) is 18.2 Å². The summed E-state index contributed by atoms with van der Waals surface area (Å²) >= 11 is 0. The minimum absolute atomic E-state index is 0.0135. The second-order valence-electron chi connectivity index (χ2n) is 4.48. The number of nitrogens with one attached hydrogen (secondary N) is 1. The lowest BCUT2D eigenvalue weighted by Gasteiger charge is -2.12. The molecule has 0 atom stereocenters. The molecule has 0 saturated carbocycles. The molecule has 0 radical (unpaired) electrons. The van der Waals surface area contributed by atoms with Crippen LogP contribution in [0.4, 0.5) is 5.69 Å². The van der Waals surface area contributed by atoms with Gasteiger partial charge in [-0.2, -0.15) is 0 Å². The van der Waals surface area contributed by atoms with E-state index in [1.54, 1.807) is 7.11 Å². The number of sulfone groups is 2. The molecule has 0 unspecified atom stereocenters. The van der Waals surface area contributed by atoms with Crippen molar-refractivity contribution in [2.24, 2.45) is 0 Å². The largest absolute Gasteiger partial charge is 0.385 e. The number of hydrogen-bond donors (Lipinski definition) is 1. The van der Waals surface area contributed by atoms with Crippen molar-refractivity contribution >= 4 is 25.4 Å². The first kappa shape index (κ1) is 16.9. The summed E-state index contributed by atoms with van der Waals surface area (Å²) in [6.45, 7) is 1.09. The Labute approximate surface area is 120 Å². The minimum Gasteiger partial charge on any atom is -0.385 e. The summed E-state index contributed by atoms with van der Waals surface area (Å²) < 4.78 is 51.4. The van der Waals surface area contributed by atoms with Crippen molar-refractivity contribution < 1.29 is 21.6 Å². The summed E-state index contributed by atoms with van der Waals surface area (Å²) in [5.41, 5.74) is 0.399. The third-order valence-corrected chi connectivity index (χ3v) is 4.87. The molecule has 0 heterocycles. The predicted molar refractivity (Wildman–Crippen MR) is 77.6 cm³/mol. The molecule has 8 heteroatoms. The van der Waals surface area contributed by atoms with E-state index >= 15 is 0 Å². The molecular weight excluding hydrogens is 302 g/mol. The Hall–Kier alpha value is -1.12. The normalized spacial score (nSPS) is 12.3. The zero-order valence-corrected chi connectivity index (χ0v) is 13.3. The van der Waals surface area contributed by atoms with Crippen LogP contribution in [0, 0.1) is 0 Å². The summed E-state index contributed by atoms with van der Waals surface area (Å²) in [5, 5.41) is 2.98. The van der Waals surface area contributed by atoms with Crippen molar-refractivity contribution in [3.05, 3.63) is 18.2 Å². The molecule has 0 bridgehead atoms. The number of anilines is 1. The zero-order chi connectivity index (χ0) is 15.4. The van der Waals surface area contributed by atoms with Crippen LogP contribution in [-0.4, -0.2) is 49.6 Å². The number of ether oxygens (including phenoxy) is 1. The fourth-order valence-corrected chi connectivity index (χ4v) is 3.23. The molecule has 1 rings (SSSR count). The van der Waals surface area contributed by atoms with E-state index in [4.69, 9.17) is 4.74 Å². The fraction of sp³-hybridized carbons (Fsp3) is 0.500. The lowest BCUT2D eigenvalue weighted by molar-refractivity contribution is 0.198. The number of hydrogen-bond acceptors (Lipinski definition) is 6. The van der Waals surface area contributed by atoms with Crippen LogP contribution in [0.25, 0.3) is 0 Å². The molecule has 0 saturated heterocycles. The van der Waals surface area contributed by atoms with Gasteiger partial charge in [-0.25, -0.2) is 16.8 Å². The Bertz CT molecular complexity index is 665. The third-order valence-electron chi connectivity index (χ3n) is 2.62. The maximum absolute atomic E-state index is 11.8. The lowest BCUT2D eigenvalue weighted by atomic mass is 10.3. The summed E-state index contributed by atoms with van der Waals surface area (Å²) in [6, 6.07) is 4.05. The molecule has 1 aromatic carbocycles. The topological polar surface area (TPSA) is 89.5 Å². The summed E-state index contributed by atoms with van der Waals surface area (Å²) in [7, 11) is -5.37. The molecule has 0 aliphatic rings. The van der Waals surface area contributed by atoms with Gasteiger partial charge in [0.25, 0.3) is 0 Å². The van der Waals surface area contributed by atoms with Crippen molar-refractivity contribution in [1.82, 2.24) is 0 Å². The van der Waals surface area contributed by atoms with Gasteiger partial charge in [0.2, 0.25) is 0 Å². The van der Waals surface area contributed by atoms with E-state index in [9.17, 15) is 16.8 Å². The molecule has 6 nitrogen and oxygen atoms in total. The predicted octanol–water partition coefficient (Wildman–Crippen LogP) is 0.942. The average molecular weight is 321 g/mol. The van der Waals surface area contributed by atoms with E-state index < -0.39 is 19.7 Å². The summed E-state index contributed by atoms with van der Waals surface area (Å²) in [6.07, 6.45) is 2.81. The first-order chi connectivity index (χ1) is 9.16. The lowest BCUT2D eigenvalue weighted by Crippen LogP contribution is -2.10. The molecule has 0 aromatic heterocycles. The molecule has 0 aliphatic carbocycles. The highest BCUT2D eigenvalue weighted by Crippen LogP contribution is 2.25. The van der Waals surface area contributed by atoms with Gasteiger partial charge in [0.1, 0.15) is 0 Å². The number of benzene rings is 1. The summed E-state index contributed by atoms with van der Waals surface area (Å²) in [4.78, 5) is -0.0294. The van der Waals surface area contributed by atoms with Gasteiger partial charge in [0.05, 0.1) is 15.5 Å².